The van der Waals surface area contributed by atoms with E-state index in [1.807, 2.05) is 146 Å². The van der Waals surface area contributed by atoms with Gasteiger partial charge in [0.05, 0.1) is 105 Å². The number of hydrogen-bond donors (Lipinski definition) is 2. The standard InChI is InChI=1S/C35H37ClFN7O3.C34H39ClN6O2.C33H33ClF3N7O3/c1-7-27(45)42-16-21(6)43(17-20(42)5)32-23-15-24(36)30(28-25(37)9-8-10-26(28)39-34(46)22-11-12-22)40-33(23)44(35(47)41-32)31-19(4)13-14-38-29(31)18(2)3;1-9-28(42)40-22(7)17-39(18-23(40)8)32-26-16-27(35)30(25-13-11-10-12-21(25)6)37-33(26)41(34(43)38-32)31-24(19(2)3)14-15-36-29(31)20(4)5;1-7-24(45)42-14-19(6)43(15-18(42)5)30-20-13-21(34)27(25-22(35)9-8-10-23(25)39-32(46)29(36)37)40-31(20)44(33(47)41-30)28-17(4)11-12-38-26(28)16(2)3/h7-10,13-15,18,20-22H,1,11-12,16-17H2,2-6H3,(H,39,46);9-16,19-20,22-23H,1,17-18H2,2-8H3;7-13,16,18-19,29H,1,14-15H2,2-6H3,(H,39,46)/t;22-,23+;. The lowest BCUT2D eigenvalue weighted by atomic mass is 9.97. The Morgan fingerprint density at radius 2 is 0.832 bits per heavy atom. The number of carbonyl (C=O) groups is 5. The largest absolute Gasteiger partial charge is 0.355 e. The van der Waals surface area contributed by atoms with Gasteiger partial charge in [0, 0.05) is 106 Å². The van der Waals surface area contributed by atoms with E-state index in [2.05, 4.69) is 77.6 Å². The maximum absolute atomic E-state index is 15.7. The van der Waals surface area contributed by atoms with Crippen molar-refractivity contribution in [2.75, 3.05) is 64.6 Å². The molecular formula is C102H109Cl3F4N20O8. The Balaban J connectivity index is 0.000000164. The number of aromatic nitrogens is 12. The third-order valence-corrected chi connectivity index (χ3v) is 26.1. The minimum Gasteiger partial charge on any atom is -0.352 e. The topological polar surface area (TPSA) is 311 Å². The highest BCUT2D eigenvalue weighted by atomic mass is 35.5. The van der Waals surface area contributed by atoms with Gasteiger partial charge in [-0.05, 0) is 200 Å². The van der Waals surface area contributed by atoms with E-state index in [4.69, 9.17) is 59.7 Å². The molecule has 12 heterocycles. The van der Waals surface area contributed by atoms with Crippen molar-refractivity contribution in [2.45, 2.75) is 197 Å². The van der Waals surface area contributed by atoms with Gasteiger partial charge in [-0.2, -0.15) is 23.7 Å². The van der Waals surface area contributed by atoms with Gasteiger partial charge in [0.2, 0.25) is 23.6 Å². The average Bonchev–Trinajstić information content (AvgIpc) is 1.73. The smallest absolute Gasteiger partial charge is 0.352 e. The van der Waals surface area contributed by atoms with Crippen molar-refractivity contribution in [1.82, 2.24) is 73.3 Å². The van der Waals surface area contributed by atoms with E-state index in [-0.39, 0.29) is 151 Å². The maximum Gasteiger partial charge on any atom is 0.355 e. The van der Waals surface area contributed by atoms with E-state index in [0.29, 0.717) is 112 Å². The first kappa shape index (κ1) is 99.5. The summed E-state index contributed by atoms with van der Waals surface area (Å²) < 4.78 is 62.0. The van der Waals surface area contributed by atoms with E-state index in [0.717, 1.165) is 52.5 Å². The van der Waals surface area contributed by atoms with Gasteiger partial charge in [-0.15, -0.1) is 0 Å². The van der Waals surface area contributed by atoms with Crippen molar-refractivity contribution in [1.29, 1.82) is 0 Å². The summed E-state index contributed by atoms with van der Waals surface area (Å²) in [5.41, 5.74) is 7.26. The SMILES string of the molecule is C=CC(=O)N1CC(C)N(c2nc(=O)n(-c3c(C)ccnc3C(C)C)c3nc(-c4c(F)cccc4NC(=O)C(F)F)c(Cl)cc23)CC1C.C=CC(=O)N1CC(C)N(c2nc(=O)n(-c3c(C)ccnc3C(C)C)c3nc(-c4c(F)cccc4NC(=O)C4CC4)c(Cl)cc23)CC1C.C=CC(=O)N1[C@H](C)CN(c2nc(=O)n(-c3c(C(C)C)ccnc3C(C)C)c3nc(-c4ccccc4C)c(Cl)cc23)C[C@@H]1C. The molecule has 3 aromatic carbocycles. The molecule has 137 heavy (non-hydrogen) atoms. The number of nitrogens with one attached hydrogen (secondary N) is 2. The number of rotatable bonds is 20. The van der Waals surface area contributed by atoms with Crippen LogP contribution in [-0.4, -0.2) is 185 Å². The molecule has 9 aromatic heterocycles. The van der Waals surface area contributed by atoms with Gasteiger partial charge in [-0.3, -0.25) is 38.9 Å². The van der Waals surface area contributed by atoms with E-state index in [9.17, 15) is 47.1 Å². The molecule has 0 radical (unpaired) electrons. The molecule has 3 aliphatic heterocycles. The number of nitrogens with zero attached hydrogens (tertiary/aromatic N) is 18. The molecule has 12 aromatic rings. The average molecular weight is 1930 g/mol. The molecule has 4 fully saturated rings. The van der Waals surface area contributed by atoms with E-state index in [1.54, 1.807) is 58.1 Å². The first-order valence-corrected chi connectivity index (χ1v) is 46.7. The van der Waals surface area contributed by atoms with E-state index in [1.165, 1.54) is 57.7 Å². The highest BCUT2D eigenvalue weighted by molar-refractivity contribution is 6.35. The number of carbonyl (C=O) groups excluding carboxylic acids is 5. The van der Waals surface area contributed by atoms with Gasteiger partial charge < -0.3 is 40.0 Å². The fraction of sp³-hybridized carbons (Fsp3) is 0.363. The van der Waals surface area contributed by atoms with Crippen LogP contribution in [0.1, 0.15) is 173 Å². The summed E-state index contributed by atoms with van der Waals surface area (Å²) >= 11 is 20.7. The van der Waals surface area contributed by atoms with Crippen LogP contribution in [0.4, 0.5) is 46.4 Å². The quantitative estimate of drug-likeness (QED) is 0.0529. The predicted molar refractivity (Wildman–Crippen MR) is 531 cm³/mol. The maximum atomic E-state index is 15.7. The van der Waals surface area contributed by atoms with Crippen LogP contribution in [-0.2, 0) is 24.0 Å². The fourth-order valence-corrected chi connectivity index (χ4v) is 19.1. The first-order valence-electron chi connectivity index (χ1n) is 45.5. The number of fused-ring (bicyclic) bond motifs is 3. The monoisotopic (exact) mass is 1920 g/mol. The summed E-state index contributed by atoms with van der Waals surface area (Å²) in [5, 5.41) is 6.87. The molecule has 0 spiro atoms. The third kappa shape index (κ3) is 19.7. The number of hydrogen-bond acceptors (Lipinski definition) is 20. The molecule has 5 amide bonds. The molecule has 6 atom stereocenters. The van der Waals surface area contributed by atoms with Crippen LogP contribution in [0.15, 0.2) is 168 Å². The molecule has 16 rings (SSSR count). The molecule has 1 aliphatic carbocycles. The molecule has 2 N–H and O–H groups in total. The fourth-order valence-electron chi connectivity index (χ4n) is 18.4. The summed E-state index contributed by atoms with van der Waals surface area (Å²) in [7, 11) is 0. The molecule has 0 bridgehead atoms. The normalized spacial score (nSPS) is 17.4. The van der Waals surface area contributed by atoms with E-state index < -0.39 is 41.0 Å². The van der Waals surface area contributed by atoms with Crippen molar-refractivity contribution < 1.29 is 41.5 Å². The molecule has 35 heteroatoms. The Labute approximate surface area is 805 Å². The van der Waals surface area contributed by atoms with Crippen molar-refractivity contribution in [3.63, 3.8) is 0 Å². The van der Waals surface area contributed by atoms with Crippen molar-refractivity contribution in [3.05, 3.63) is 251 Å². The number of benzene rings is 3. The number of halogens is 7. The molecule has 1 saturated carbocycles. The van der Waals surface area contributed by atoms with Gasteiger partial charge >= 0.3 is 23.5 Å². The summed E-state index contributed by atoms with van der Waals surface area (Å²) in [5.74, 6) is -2.85. The van der Waals surface area contributed by atoms with Gasteiger partial charge in [-0.1, -0.05) is 146 Å². The lowest BCUT2D eigenvalue weighted by Crippen LogP contribution is -2.58. The lowest BCUT2D eigenvalue weighted by Gasteiger charge is -2.44. The molecule has 3 saturated heterocycles. The Hall–Kier alpha value is -13.5. The minimum atomic E-state index is -3.36. The molecule has 714 valence electrons. The number of aryl methyl sites for hydroxylation is 3. The lowest BCUT2D eigenvalue weighted by molar-refractivity contribution is -0.131. The Morgan fingerprint density at radius 1 is 0.438 bits per heavy atom. The number of piperazine rings is 3. The zero-order valence-electron chi connectivity index (χ0n) is 79.4. The third-order valence-electron chi connectivity index (χ3n) is 25.3. The number of alkyl halides is 2. The predicted octanol–water partition coefficient (Wildman–Crippen LogP) is 18.6. The van der Waals surface area contributed by atoms with Crippen LogP contribution in [0, 0.1) is 38.3 Å². The van der Waals surface area contributed by atoms with Crippen LogP contribution in [0.3, 0.4) is 0 Å². The zero-order valence-corrected chi connectivity index (χ0v) is 81.6. The Kier molecular flexibility index (Phi) is 29.7. The molecular weight excluding hydrogens is 1820 g/mol. The van der Waals surface area contributed by atoms with Gasteiger partial charge in [0.25, 0.3) is 5.91 Å². The van der Waals surface area contributed by atoms with Crippen LogP contribution in [0.5, 0.6) is 0 Å². The molecule has 4 unspecified atom stereocenters. The second-order valence-electron chi connectivity index (χ2n) is 36.5. The van der Waals surface area contributed by atoms with Crippen LogP contribution >= 0.6 is 34.8 Å². The van der Waals surface area contributed by atoms with Crippen LogP contribution in [0.25, 0.3) is 83.9 Å². The number of anilines is 5. The molecule has 28 nitrogen and oxygen atoms in total. The minimum absolute atomic E-state index is 0.0243. The summed E-state index contributed by atoms with van der Waals surface area (Å²) in [6.07, 6.45) is 7.23. The van der Waals surface area contributed by atoms with E-state index >= 15 is 8.78 Å². The summed E-state index contributed by atoms with van der Waals surface area (Å²) in [6, 6.07) is 25.2. The Morgan fingerprint density at radius 3 is 1.25 bits per heavy atom. The van der Waals surface area contributed by atoms with Crippen molar-refractivity contribution >= 4 is 126 Å². The second-order valence-corrected chi connectivity index (χ2v) is 37.8. The van der Waals surface area contributed by atoms with Crippen LogP contribution in [0.2, 0.25) is 15.1 Å². The second kappa shape index (κ2) is 40.8. The summed E-state index contributed by atoms with van der Waals surface area (Å²) in [4.78, 5) is 159. The highest BCUT2D eigenvalue weighted by Crippen LogP contribution is 2.45. The number of amides is 5. The highest BCUT2D eigenvalue weighted by Gasteiger charge is 2.41. The summed E-state index contributed by atoms with van der Waals surface area (Å²) in [6.45, 7) is 46.8. The zero-order chi connectivity index (χ0) is 99.2. The van der Waals surface area contributed by atoms with Gasteiger partial charge in [0.1, 0.15) is 29.1 Å². The Bertz CT molecular complexity index is 6730. The van der Waals surface area contributed by atoms with Gasteiger partial charge in [-0.25, -0.2) is 51.8 Å². The van der Waals surface area contributed by atoms with Crippen molar-refractivity contribution in [2.24, 2.45) is 5.92 Å². The van der Waals surface area contributed by atoms with Gasteiger partial charge in [0.15, 0.2) is 16.9 Å². The first-order chi connectivity index (χ1) is 65.1. The number of pyridine rings is 6. The van der Waals surface area contributed by atoms with Crippen LogP contribution < -0.4 is 42.4 Å². The van der Waals surface area contributed by atoms with Crippen molar-refractivity contribution in [3.8, 4) is 50.8 Å². The molecule has 4 aliphatic rings.